The number of ether oxygens (including phenoxy) is 1. The van der Waals surface area contributed by atoms with Crippen molar-refractivity contribution in [1.29, 1.82) is 0 Å². The summed E-state index contributed by atoms with van der Waals surface area (Å²) in [5.41, 5.74) is 8.32. The first-order chi connectivity index (χ1) is 15.6. The molecule has 3 aromatic carbocycles. The lowest BCUT2D eigenvalue weighted by Crippen LogP contribution is -2.22. The molecule has 0 radical (unpaired) electrons. The SMILES string of the molecule is NC(=O)c1ccc(Oc2ccc(C(=O)NCc3cccc(Cn4cccn4)c3)cc2)cc1. The van der Waals surface area contributed by atoms with E-state index in [1.54, 1.807) is 54.7 Å². The van der Waals surface area contributed by atoms with Gasteiger partial charge in [-0.3, -0.25) is 14.3 Å². The van der Waals surface area contributed by atoms with Crippen molar-refractivity contribution < 1.29 is 14.3 Å². The molecule has 0 unspecified atom stereocenters. The average Bonchev–Trinajstić information content (AvgIpc) is 3.32. The second kappa shape index (κ2) is 9.61. The van der Waals surface area contributed by atoms with Crippen molar-refractivity contribution in [3.05, 3.63) is 114 Å². The summed E-state index contributed by atoms with van der Waals surface area (Å²) in [5.74, 6) is 0.498. The van der Waals surface area contributed by atoms with Crippen LogP contribution in [-0.4, -0.2) is 21.6 Å². The molecular formula is C25H22N4O3. The summed E-state index contributed by atoms with van der Waals surface area (Å²) >= 11 is 0. The van der Waals surface area contributed by atoms with Gasteiger partial charge in [0.15, 0.2) is 0 Å². The number of benzene rings is 3. The van der Waals surface area contributed by atoms with Crippen molar-refractivity contribution in [2.24, 2.45) is 5.73 Å². The molecule has 32 heavy (non-hydrogen) atoms. The number of nitrogens with two attached hydrogens (primary N) is 1. The first-order valence-corrected chi connectivity index (χ1v) is 10.1. The molecule has 7 nitrogen and oxygen atoms in total. The third-order valence-corrected chi connectivity index (χ3v) is 4.84. The Kier molecular flexibility index (Phi) is 6.27. The summed E-state index contributed by atoms with van der Waals surface area (Å²) in [5, 5.41) is 7.16. The number of nitrogens with one attached hydrogen (secondary N) is 1. The van der Waals surface area contributed by atoms with Crippen LogP contribution in [-0.2, 0) is 13.1 Å². The van der Waals surface area contributed by atoms with Crippen LogP contribution >= 0.6 is 0 Å². The minimum Gasteiger partial charge on any atom is -0.457 e. The molecule has 160 valence electrons. The highest BCUT2D eigenvalue weighted by molar-refractivity contribution is 5.94. The molecule has 0 aliphatic carbocycles. The second-order valence-electron chi connectivity index (χ2n) is 7.22. The zero-order valence-corrected chi connectivity index (χ0v) is 17.3. The average molecular weight is 426 g/mol. The van der Waals surface area contributed by atoms with Crippen molar-refractivity contribution >= 4 is 11.8 Å². The van der Waals surface area contributed by atoms with E-state index >= 15 is 0 Å². The third kappa shape index (κ3) is 5.40. The number of rotatable bonds is 8. The summed E-state index contributed by atoms with van der Waals surface area (Å²) in [4.78, 5) is 23.7. The number of amides is 2. The van der Waals surface area contributed by atoms with Crippen molar-refractivity contribution in [3.8, 4) is 11.5 Å². The minimum atomic E-state index is -0.489. The summed E-state index contributed by atoms with van der Waals surface area (Å²) in [6, 6.07) is 23.3. The van der Waals surface area contributed by atoms with Crippen LogP contribution in [0.25, 0.3) is 0 Å². The summed E-state index contributed by atoms with van der Waals surface area (Å²) in [7, 11) is 0. The van der Waals surface area contributed by atoms with E-state index in [0.29, 0.717) is 35.7 Å². The molecular weight excluding hydrogens is 404 g/mol. The maximum Gasteiger partial charge on any atom is 0.251 e. The van der Waals surface area contributed by atoms with Crippen LogP contribution in [0, 0.1) is 0 Å². The van der Waals surface area contributed by atoms with Crippen LogP contribution in [0.4, 0.5) is 0 Å². The van der Waals surface area contributed by atoms with E-state index in [1.165, 1.54) is 0 Å². The van der Waals surface area contributed by atoms with Gasteiger partial charge in [0.2, 0.25) is 5.91 Å². The lowest BCUT2D eigenvalue weighted by molar-refractivity contribution is 0.0949. The Morgan fingerprint density at radius 1 is 0.875 bits per heavy atom. The van der Waals surface area contributed by atoms with E-state index in [4.69, 9.17) is 10.5 Å². The molecule has 0 saturated carbocycles. The van der Waals surface area contributed by atoms with Gasteiger partial charge in [-0.2, -0.15) is 5.10 Å². The highest BCUT2D eigenvalue weighted by Crippen LogP contribution is 2.22. The van der Waals surface area contributed by atoms with Crippen LogP contribution in [0.1, 0.15) is 31.8 Å². The highest BCUT2D eigenvalue weighted by atomic mass is 16.5. The first-order valence-electron chi connectivity index (χ1n) is 10.1. The van der Waals surface area contributed by atoms with Crippen LogP contribution < -0.4 is 15.8 Å². The van der Waals surface area contributed by atoms with Gasteiger partial charge >= 0.3 is 0 Å². The molecule has 7 heteroatoms. The quantitative estimate of drug-likeness (QED) is 0.448. The lowest BCUT2D eigenvalue weighted by Gasteiger charge is -2.09. The van der Waals surface area contributed by atoms with Crippen LogP contribution in [0.2, 0.25) is 0 Å². The number of hydrogen-bond donors (Lipinski definition) is 2. The van der Waals surface area contributed by atoms with Gasteiger partial charge in [0, 0.05) is 30.1 Å². The summed E-state index contributed by atoms with van der Waals surface area (Å²) in [6.07, 6.45) is 3.66. The number of carbonyl (C=O) groups excluding carboxylic acids is 2. The van der Waals surface area contributed by atoms with E-state index in [9.17, 15) is 9.59 Å². The molecule has 1 aromatic heterocycles. The number of hydrogen-bond acceptors (Lipinski definition) is 4. The molecule has 1 heterocycles. The normalized spacial score (nSPS) is 10.5. The van der Waals surface area contributed by atoms with Gasteiger partial charge in [0.25, 0.3) is 5.91 Å². The molecule has 4 rings (SSSR count). The Morgan fingerprint density at radius 3 is 2.16 bits per heavy atom. The van der Waals surface area contributed by atoms with Gasteiger partial charge < -0.3 is 15.8 Å². The fourth-order valence-electron chi connectivity index (χ4n) is 3.20. The fraction of sp³-hybridized carbons (Fsp3) is 0.0800. The Bertz CT molecular complexity index is 1200. The molecule has 0 saturated heterocycles. The van der Waals surface area contributed by atoms with Gasteiger partial charge in [0.05, 0.1) is 6.54 Å². The largest absolute Gasteiger partial charge is 0.457 e. The van der Waals surface area contributed by atoms with Crippen molar-refractivity contribution in [1.82, 2.24) is 15.1 Å². The molecule has 0 atom stereocenters. The Labute approximate surface area is 185 Å². The molecule has 0 spiro atoms. The van der Waals surface area contributed by atoms with Crippen LogP contribution in [0.15, 0.2) is 91.3 Å². The maximum atomic E-state index is 12.5. The van der Waals surface area contributed by atoms with Gasteiger partial charge in [-0.25, -0.2) is 0 Å². The zero-order valence-electron chi connectivity index (χ0n) is 17.3. The van der Waals surface area contributed by atoms with Crippen molar-refractivity contribution in [2.45, 2.75) is 13.1 Å². The van der Waals surface area contributed by atoms with Crippen LogP contribution in [0.3, 0.4) is 0 Å². The molecule has 0 bridgehead atoms. The number of nitrogens with zero attached hydrogens (tertiary/aromatic N) is 2. The predicted octanol–water partition coefficient (Wildman–Crippen LogP) is 3.75. The summed E-state index contributed by atoms with van der Waals surface area (Å²) in [6.45, 7) is 1.11. The number of aromatic nitrogens is 2. The zero-order chi connectivity index (χ0) is 22.3. The Balaban J connectivity index is 1.32. The highest BCUT2D eigenvalue weighted by Gasteiger charge is 2.07. The Morgan fingerprint density at radius 2 is 1.53 bits per heavy atom. The van der Waals surface area contributed by atoms with E-state index in [1.807, 2.05) is 35.1 Å². The number of primary amides is 1. The van der Waals surface area contributed by atoms with E-state index in [2.05, 4.69) is 16.5 Å². The van der Waals surface area contributed by atoms with E-state index < -0.39 is 5.91 Å². The second-order valence-corrected chi connectivity index (χ2v) is 7.22. The number of carbonyl (C=O) groups is 2. The monoisotopic (exact) mass is 426 g/mol. The molecule has 4 aromatic rings. The topological polar surface area (TPSA) is 99.2 Å². The van der Waals surface area contributed by atoms with Gasteiger partial charge in [-0.05, 0) is 65.7 Å². The molecule has 3 N–H and O–H groups in total. The molecule has 2 amide bonds. The van der Waals surface area contributed by atoms with E-state index in [0.717, 1.165) is 11.1 Å². The first kappa shape index (κ1) is 20.9. The van der Waals surface area contributed by atoms with Crippen molar-refractivity contribution in [2.75, 3.05) is 0 Å². The molecule has 0 aliphatic rings. The van der Waals surface area contributed by atoms with Crippen LogP contribution in [0.5, 0.6) is 11.5 Å². The van der Waals surface area contributed by atoms with E-state index in [-0.39, 0.29) is 5.91 Å². The smallest absolute Gasteiger partial charge is 0.251 e. The standard InChI is InChI=1S/C25H22N4O3/c26-24(30)20-5-9-22(10-6-20)32-23-11-7-21(8-12-23)25(31)27-16-18-3-1-4-19(15-18)17-29-14-2-13-28-29/h1-15H,16-17H2,(H2,26,30)(H,27,31). The van der Waals surface area contributed by atoms with Crippen molar-refractivity contribution in [3.63, 3.8) is 0 Å². The minimum absolute atomic E-state index is 0.167. The lowest BCUT2D eigenvalue weighted by atomic mass is 10.1. The third-order valence-electron chi connectivity index (χ3n) is 4.84. The van der Waals surface area contributed by atoms with Gasteiger partial charge in [0.1, 0.15) is 11.5 Å². The Hall–Kier alpha value is -4.39. The molecule has 0 fully saturated rings. The summed E-state index contributed by atoms with van der Waals surface area (Å²) < 4.78 is 7.60. The van der Waals surface area contributed by atoms with Gasteiger partial charge in [-0.15, -0.1) is 0 Å². The van der Waals surface area contributed by atoms with Gasteiger partial charge in [-0.1, -0.05) is 24.3 Å². The molecule has 0 aliphatic heterocycles. The fourth-order valence-corrected chi connectivity index (χ4v) is 3.20. The maximum absolute atomic E-state index is 12.5. The predicted molar refractivity (Wildman–Crippen MR) is 120 cm³/mol.